The summed E-state index contributed by atoms with van der Waals surface area (Å²) in [5.41, 5.74) is 21.6. The third-order valence-corrected chi connectivity index (χ3v) is 5.99. The van der Waals surface area contributed by atoms with Crippen LogP contribution in [0.3, 0.4) is 0 Å². The molecule has 2 aromatic carbocycles. The molecule has 160 valence electrons. The van der Waals surface area contributed by atoms with Crippen molar-refractivity contribution in [2.24, 2.45) is 17.2 Å². The lowest BCUT2D eigenvalue weighted by atomic mass is 9.68. The topological polar surface area (TPSA) is 154 Å². The summed E-state index contributed by atoms with van der Waals surface area (Å²) in [5, 5.41) is 8.69. The average molecular weight is 419 g/mol. The molecular formula is C23H26N6O2. The number of nitrogens with one attached hydrogen (secondary N) is 1. The van der Waals surface area contributed by atoms with Crippen molar-refractivity contribution in [3.8, 4) is 0 Å². The van der Waals surface area contributed by atoms with Gasteiger partial charge in [0.15, 0.2) is 0 Å². The second-order valence-electron chi connectivity index (χ2n) is 8.32. The molecule has 1 atom stereocenters. The van der Waals surface area contributed by atoms with Crippen LogP contribution in [0.2, 0.25) is 0 Å². The molecular weight excluding hydrogens is 392 g/mol. The number of nitrogens with two attached hydrogens (primary N) is 3. The summed E-state index contributed by atoms with van der Waals surface area (Å²) in [6.45, 7) is 3.80. The van der Waals surface area contributed by atoms with Crippen molar-refractivity contribution < 1.29 is 9.59 Å². The van der Waals surface area contributed by atoms with Crippen molar-refractivity contribution in [3.05, 3.63) is 81.4 Å². The second-order valence-corrected chi connectivity index (χ2v) is 8.32. The second kappa shape index (κ2) is 7.63. The highest BCUT2D eigenvalue weighted by atomic mass is 16.1. The molecule has 4 rings (SSSR count). The molecule has 0 spiro atoms. The van der Waals surface area contributed by atoms with Gasteiger partial charge in [-0.25, -0.2) is 0 Å². The highest BCUT2D eigenvalue weighted by Crippen LogP contribution is 2.46. The van der Waals surface area contributed by atoms with Gasteiger partial charge in [-0.3, -0.25) is 9.59 Å². The number of H-pyrrole nitrogens is 1. The lowest BCUT2D eigenvalue weighted by Gasteiger charge is -2.36. The summed E-state index contributed by atoms with van der Waals surface area (Å²) in [6, 6.07) is 10.9. The number of hydrogen-bond acceptors (Lipinski definition) is 5. The first-order chi connectivity index (χ1) is 14.7. The third kappa shape index (κ3) is 3.48. The van der Waals surface area contributed by atoms with Gasteiger partial charge in [-0.2, -0.15) is 0 Å². The minimum Gasteiger partial charge on any atom is -0.366 e. The standard InChI is InChI=1S/C23H26N6O2/c1-12(24)11-23(22-27-13(2)28-29-22)18-7-5-16(20(25)30)9-14(18)3-4-15-10-17(21(26)31)6-8-19(15)23/h5-10,12H,3-4,11,24H2,1-2H3,(H2,25,30)(H2,26,31)(H,27,28,29)/t12-/m0/s1. The summed E-state index contributed by atoms with van der Waals surface area (Å²) in [4.78, 5) is 27.0. The Bertz CT molecular complexity index is 1120. The smallest absolute Gasteiger partial charge is 0.248 e. The Morgan fingerprint density at radius 1 is 1.00 bits per heavy atom. The largest absolute Gasteiger partial charge is 0.366 e. The summed E-state index contributed by atoms with van der Waals surface area (Å²) in [6.07, 6.45) is 1.88. The zero-order chi connectivity index (χ0) is 22.3. The molecule has 0 radical (unpaired) electrons. The predicted octanol–water partition coefficient (Wildman–Crippen LogP) is 1.48. The van der Waals surface area contributed by atoms with E-state index in [1.807, 2.05) is 38.1 Å². The number of carbonyl (C=O) groups excluding carboxylic acids is 2. The molecule has 1 aliphatic rings. The van der Waals surface area contributed by atoms with E-state index in [4.69, 9.17) is 17.2 Å². The van der Waals surface area contributed by atoms with E-state index in [-0.39, 0.29) is 6.04 Å². The van der Waals surface area contributed by atoms with Crippen LogP contribution in [-0.2, 0) is 18.3 Å². The Balaban J connectivity index is 2.08. The maximum atomic E-state index is 11.8. The molecule has 7 N–H and O–H groups in total. The van der Waals surface area contributed by atoms with Crippen molar-refractivity contribution in [1.82, 2.24) is 15.2 Å². The van der Waals surface area contributed by atoms with Crippen LogP contribution in [0, 0.1) is 6.92 Å². The van der Waals surface area contributed by atoms with Gasteiger partial charge in [-0.05, 0) is 79.6 Å². The summed E-state index contributed by atoms with van der Waals surface area (Å²) in [7, 11) is 0. The number of fused-ring (bicyclic) bond motifs is 2. The van der Waals surface area contributed by atoms with Crippen LogP contribution < -0.4 is 17.2 Å². The number of nitrogens with zero attached hydrogens (tertiary/aromatic N) is 2. The average Bonchev–Trinajstić information content (AvgIpc) is 3.11. The summed E-state index contributed by atoms with van der Waals surface area (Å²) in [5.74, 6) is 0.405. The van der Waals surface area contributed by atoms with Crippen LogP contribution in [-0.4, -0.2) is 33.0 Å². The molecule has 0 aliphatic heterocycles. The highest BCUT2D eigenvalue weighted by molar-refractivity contribution is 5.94. The molecule has 8 nitrogen and oxygen atoms in total. The van der Waals surface area contributed by atoms with E-state index in [1.165, 1.54) is 0 Å². The zero-order valence-corrected chi connectivity index (χ0v) is 17.6. The van der Waals surface area contributed by atoms with E-state index < -0.39 is 17.2 Å². The molecule has 1 aromatic heterocycles. The first-order valence-corrected chi connectivity index (χ1v) is 10.2. The van der Waals surface area contributed by atoms with Gasteiger partial charge in [-0.15, -0.1) is 10.2 Å². The van der Waals surface area contributed by atoms with Gasteiger partial charge >= 0.3 is 0 Å². The first-order valence-electron chi connectivity index (χ1n) is 10.2. The van der Waals surface area contributed by atoms with Crippen molar-refractivity contribution in [2.75, 3.05) is 0 Å². The number of aromatic nitrogens is 3. The number of aromatic amines is 1. The Morgan fingerprint density at radius 3 is 1.90 bits per heavy atom. The monoisotopic (exact) mass is 418 g/mol. The lowest BCUT2D eigenvalue weighted by molar-refractivity contribution is 0.0991. The van der Waals surface area contributed by atoms with Gasteiger partial charge in [0.1, 0.15) is 11.6 Å². The molecule has 0 saturated heterocycles. The van der Waals surface area contributed by atoms with Crippen molar-refractivity contribution >= 4 is 11.8 Å². The normalized spacial score (nSPS) is 15.5. The number of hydrogen-bond donors (Lipinski definition) is 4. The van der Waals surface area contributed by atoms with Crippen molar-refractivity contribution in [3.63, 3.8) is 0 Å². The number of amides is 2. The first kappa shape index (κ1) is 20.7. The van der Waals surface area contributed by atoms with E-state index in [1.54, 1.807) is 12.1 Å². The summed E-state index contributed by atoms with van der Waals surface area (Å²) < 4.78 is 0. The minimum atomic E-state index is -0.733. The van der Waals surface area contributed by atoms with Crippen LogP contribution in [0.4, 0.5) is 0 Å². The quantitative estimate of drug-likeness (QED) is 0.494. The SMILES string of the molecule is Cc1nnc(C2(C[C@H](C)N)c3ccc(C(N)=O)cc3CCc3cc(C(N)=O)ccc32)[nH]1. The van der Waals surface area contributed by atoms with Crippen LogP contribution in [0.5, 0.6) is 0 Å². The number of benzene rings is 2. The molecule has 3 aromatic rings. The molecule has 1 heterocycles. The molecule has 0 saturated carbocycles. The van der Waals surface area contributed by atoms with Crippen LogP contribution >= 0.6 is 0 Å². The Labute approximate surface area is 180 Å². The van der Waals surface area contributed by atoms with E-state index in [0.717, 1.165) is 22.3 Å². The summed E-state index contributed by atoms with van der Waals surface area (Å²) >= 11 is 0. The van der Waals surface area contributed by atoms with Crippen molar-refractivity contribution in [1.29, 1.82) is 0 Å². The van der Waals surface area contributed by atoms with Gasteiger partial charge in [0.25, 0.3) is 0 Å². The van der Waals surface area contributed by atoms with Crippen LogP contribution in [0.1, 0.15) is 68.0 Å². The van der Waals surface area contributed by atoms with Gasteiger partial charge in [-0.1, -0.05) is 12.1 Å². The lowest BCUT2D eigenvalue weighted by Crippen LogP contribution is -2.38. The molecule has 0 unspecified atom stereocenters. The Kier molecular flexibility index (Phi) is 5.10. The highest BCUT2D eigenvalue weighted by Gasteiger charge is 2.44. The molecule has 2 amide bonds. The van der Waals surface area contributed by atoms with E-state index in [2.05, 4.69) is 15.2 Å². The van der Waals surface area contributed by atoms with E-state index >= 15 is 0 Å². The number of rotatable bonds is 5. The fourth-order valence-corrected chi connectivity index (χ4v) is 4.75. The van der Waals surface area contributed by atoms with Gasteiger partial charge in [0, 0.05) is 17.2 Å². The molecule has 8 heteroatoms. The fraction of sp³-hybridized carbons (Fsp3) is 0.304. The minimum absolute atomic E-state index is 0.171. The number of aryl methyl sites for hydroxylation is 3. The fourth-order valence-electron chi connectivity index (χ4n) is 4.75. The van der Waals surface area contributed by atoms with Gasteiger partial charge in [0.05, 0.1) is 5.41 Å². The van der Waals surface area contributed by atoms with Crippen molar-refractivity contribution in [2.45, 2.75) is 44.6 Å². The maximum Gasteiger partial charge on any atom is 0.248 e. The molecule has 0 fully saturated rings. The van der Waals surface area contributed by atoms with E-state index in [0.29, 0.717) is 42.0 Å². The van der Waals surface area contributed by atoms with Crippen LogP contribution in [0.25, 0.3) is 0 Å². The third-order valence-electron chi connectivity index (χ3n) is 5.99. The van der Waals surface area contributed by atoms with Gasteiger partial charge in [0.2, 0.25) is 11.8 Å². The predicted molar refractivity (Wildman–Crippen MR) is 117 cm³/mol. The zero-order valence-electron chi connectivity index (χ0n) is 17.6. The van der Waals surface area contributed by atoms with Gasteiger partial charge < -0.3 is 22.2 Å². The molecule has 1 aliphatic carbocycles. The van der Waals surface area contributed by atoms with Crippen LogP contribution in [0.15, 0.2) is 36.4 Å². The number of primary amides is 2. The molecule has 31 heavy (non-hydrogen) atoms. The maximum absolute atomic E-state index is 11.8. The molecule has 0 bridgehead atoms. The number of carbonyl (C=O) groups is 2. The Hall–Kier alpha value is -3.52. The Morgan fingerprint density at radius 2 is 1.52 bits per heavy atom. The van der Waals surface area contributed by atoms with E-state index in [9.17, 15) is 9.59 Å².